The van der Waals surface area contributed by atoms with E-state index < -0.39 is 0 Å². The van der Waals surface area contributed by atoms with Gasteiger partial charge in [-0.1, -0.05) is 34.1 Å². The van der Waals surface area contributed by atoms with Crippen molar-refractivity contribution in [3.63, 3.8) is 0 Å². The number of carbonyl (C=O) groups excluding carboxylic acids is 1. The van der Waals surface area contributed by atoms with Crippen molar-refractivity contribution in [2.75, 3.05) is 11.9 Å². The predicted molar refractivity (Wildman–Crippen MR) is 64.9 cm³/mol. The van der Waals surface area contributed by atoms with Gasteiger partial charge in [-0.25, -0.2) is 0 Å². The van der Waals surface area contributed by atoms with Crippen molar-refractivity contribution >= 4 is 21.7 Å². The number of Topliss-reactive ketones (excluding diaryl/α,β-unsaturated/α-hetero) is 1. The molecule has 0 fully saturated rings. The van der Waals surface area contributed by atoms with E-state index in [1.165, 1.54) is 0 Å². The first kappa shape index (κ1) is 12.0. The Hall–Kier alpha value is -1.09. The molecule has 0 aliphatic heterocycles. The second-order valence-electron chi connectivity index (χ2n) is 2.98. The number of rotatable bonds is 6. The van der Waals surface area contributed by atoms with E-state index in [-0.39, 0.29) is 5.78 Å². The number of alkyl halides is 1. The Morgan fingerprint density at radius 2 is 2.20 bits per heavy atom. The maximum absolute atomic E-state index is 11.5. The molecule has 15 heavy (non-hydrogen) atoms. The molecular weight excluding hydrogens is 256 g/mol. The van der Waals surface area contributed by atoms with Crippen molar-refractivity contribution in [1.29, 1.82) is 0 Å². The predicted octanol–water partition coefficient (Wildman–Crippen LogP) is 3.22. The van der Waals surface area contributed by atoms with Crippen LogP contribution in [0, 0.1) is 0 Å². The highest BCUT2D eigenvalue weighted by molar-refractivity contribution is 9.09. The first-order chi connectivity index (χ1) is 7.29. The minimum absolute atomic E-state index is 0.0317. The monoisotopic (exact) mass is 268 g/mol. The van der Waals surface area contributed by atoms with Crippen LogP contribution in [0.3, 0.4) is 0 Å². The van der Waals surface area contributed by atoms with Gasteiger partial charge in [-0.2, -0.15) is 0 Å². The maximum Gasteiger partial charge on any atom is 0.177 e. The third-order valence-corrected chi connectivity index (χ3v) is 2.40. The van der Waals surface area contributed by atoms with Gasteiger partial charge in [0.2, 0.25) is 0 Å². The molecule has 0 bridgehead atoms. The van der Waals surface area contributed by atoms with Gasteiger partial charge in [0.05, 0.1) is 17.5 Å². The van der Waals surface area contributed by atoms with Crippen LogP contribution >= 0.6 is 15.9 Å². The molecule has 0 aromatic heterocycles. The van der Waals surface area contributed by atoms with Gasteiger partial charge in [0, 0.05) is 0 Å². The molecular formula is C12H13BrO2. The molecule has 80 valence electrons. The third-order valence-electron chi connectivity index (χ3n) is 1.89. The van der Waals surface area contributed by atoms with E-state index in [2.05, 4.69) is 22.5 Å². The molecule has 1 aromatic carbocycles. The van der Waals surface area contributed by atoms with Crippen LogP contribution in [0.4, 0.5) is 0 Å². The molecule has 0 radical (unpaired) electrons. The lowest BCUT2D eigenvalue weighted by Gasteiger charge is -2.08. The van der Waals surface area contributed by atoms with E-state index in [1.54, 1.807) is 18.2 Å². The lowest BCUT2D eigenvalue weighted by Crippen LogP contribution is -2.05. The van der Waals surface area contributed by atoms with Gasteiger partial charge in [-0.3, -0.25) is 4.79 Å². The zero-order valence-electron chi connectivity index (χ0n) is 8.41. The van der Waals surface area contributed by atoms with Crippen molar-refractivity contribution in [2.24, 2.45) is 0 Å². The molecule has 0 atom stereocenters. The Morgan fingerprint density at radius 1 is 1.47 bits per heavy atom. The van der Waals surface area contributed by atoms with Crippen LogP contribution in [-0.4, -0.2) is 17.7 Å². The first-order valence-electron chi connectivity index (χ1n) is 4.71. The van der Waals surface area contributed by atoms with E-state index in [1.807, 2.05) is 12.1 Å². The fraction of sp³-hybridized carbons (Fsp3) is 0.250. The zero-order chi connectivity index (χ0) is 11.1. The Bertz CT molecular complexity index is 347. The fourth-order valence-electron chi connectivity index (χ4n) is 1.15. The summed E-state index contributed by atoms with van der Waals surface area (Å²) in [5.41, 5.74) is 0.624. The van der Waals surface area contributed by atoms with E-state index in [0.29, 0.717) is 23.2 Å². The van der Waals surface area contributed by atoms with Crippen molar-refractivity contribution in [2.45, 2.75) is 6.42 Å². The molecule has 0 aliphatic rings. The van der Waals surface area contributed by atoms with Crippen LogP contribution in [-0.2, 0) is 0 Å². The number of benzene rings is 1. The lowest BCUT2D eigenvalue weighted by atomic mass is 10.1. The highest BCUT2D eigenvalue weighted by atomic mass is 79.9. The molecule has 2 nitrogen and oxygen atoms in total. The smallest absolute Gasteiger partial charge is 0.177 e. The van der Waals surface area contributed by atoms with Gasteiger partial charge in [0.1, 0.15) is 5.75 Å². The van der Waals surface area contributed by atoms with E-state index in [0.717, 1.165) is 6.42 Å². The van der Waals surface area contributed by atoms with E-state index in [4.69, 9.17) is 4.74 Å². The molecule has 1 rings (SSSR count). The van der Waals surface area contributed by atoms with Crippen LogP contribution in [0.2, 0.25) is 0 Å². The molecule has 1 aromatic rings. The van der Waals surface area contributed by atoms with Gasteiger partial charge < -0.3 is 4.74 Å². The largest absolute Gasteiger partial charge is 0.493 e. The van der Waals surface area contributed by atoms with Crippen LogP contribution < -0.4 is 4.74 Å². The summed E-state index contributed by atoms with van der Waals surface area (Å²) in [4.78, 5) is 11.5. The van der Waals surface area contributed by atoms with Gasteiger partial charge in [-0.15, -0.1) is 6.58 Å². The number of halogens is 1. The number of para-hydroxylation sites is 1. The fourth-order valence-corrected chi connectivity index (χ4v) is 1.45. The second-order valence-corrected chi connectivity index (χ2v) is 3.54. The number of ketones is 1. The Morgan fingerprint density at radius 3 is 2.87 bits per heavy atom. The third kappa shape index (κ3) is 3.51. The molecule has 0 aliphatic carbocycles. The van der Waals surface area contributed by atoms with Crippen molar-refractivity contribution in [1.82, 2.24) is 0 Å². The maximum atomic E-state index is 11.5. The van der Waals surface area contributed by atoms with Crippen LogP contribution in [0.25, 0.3) is 0 Å². The number of hydrogen-bond donors (Lipinski definition) is 0. The SMILES string of the molecule is C=CCCOc1ccccc1C(=O)CBr. The zero-order valence-corrected chi connectivity index (χ0v) is 10.00. The topological polar surface area (TPSA) is 26.3 Å². The summed E-state index contributed by atoms with van der Waals surface area (Å²) >= 11 is 3.15. The van der Waals surface area contributed by atoms with E-state index >= 15 is 0 Å². The summed E-state index contributed by atoms with van der Waals surface area (Å²) in [7, 11) is 0. The molecule has 3 heteroatoms. The summed E-state index contributed by atoms with van der Waals surface area (Å²) in [6, 6.07) is 7.26. The summed E-state index contributed by atoms with van der Waals surface area (Å²) in [6.07, 6.45) is 2.56. The minimum Gasteiger partial charge on any atom is -0.493 e. The standard InChI is InChI=1S/C12H13BrO2/c1-2-3-8-15-12-7-5-4-6-10(12)11(14)9-13/h2,4-7H,1,3,8-9H2. The molecule has 0 saturated heterocycles. The summed E-state index contributed by atoms with van der Waals surface area (Å²) in [5, 5.41) is 0.314. The highest BCUT2D eigenvalue weighted by Crippen LogP contribution is 2.19. The number of carbonyl (C=O) groups is 1. The normalized spacial score (nSPS) is 9.67. The van der Waals surface area contributed by atoms with Crippen LogP contribution in [0.5, 0.6) is 5.75 Å². The molecule has 0 unspecified atom stereocenters. The molecule has 0 heterocycles. The Kier molecular flexibility index (Phi) is 5.12. The van der Waals surface area contributed by atoms with Gasteiger partial charge in [0.15, 0.2) is 5.78 Å². The first-order valence-corrected chi connectivity index (χ1v) is 5.83. The second kappa shape index (κ2) is 6.40. The molecule has 0 amide bonds. The summed E-state index contributed by atoms with van der Waals surface area (Å²) in [5.74, 6) is 0.674. The average Bonchev–Trinajstić information content (AvgIpc) is 2.29. The Labute approximate surface area is 98.1 Å². The van der Waals surface area contributed by atoms with Gasteiger partial charge in [0.25, 0.3) is 0 Å². The quantitative estimate of drug-likeness (QED) is 0.343. The highest BCUT2D eigenvalue weighted by Gasteiger charge is 2.09. The van der Waals surface area contributed by atoms with Crippen molar-refractivity contribution < 1.29 is 9.53 Å². The lowest BCUT2D eigenvalue weighted by molar-refractivity contribution is 0.102. The average molecular weight is 269 g/mol. The van der Waals surface area contributed by atoms with Crippen molar-refractivity contribution in [3.05, 3.63) is 42.5 Å². The number of hydrogen-bond acceptors (Lipinski definition) is 2. The summed E-state index contributed by atoms with van der Waals surface area (Å²) in [6.45, 7) is 4.16. The van der Waals surface area contributed by atoms with E-state index in [9.17, 15) is 4.79 Å². The van der Waals surface area contributed by atoms with Gasteiger partial charge in [-0.05, 0) is 18.6 Å². The molecule has 0 saturated carbocycles. The summed E-state index contributed by atoms with van der Waals surface area (Å²) < 4.78 is 5.49. The minimum atomic E-state index is 0.0317. The van der Waals surface area contributed by atoms with Crippen LogP contribution in [0.15, 0.2) is 36.9 Å². The van der Waals surface area contributed by atoms with Crippen LogP contribution in [0.1, 0.15) is 16.8 Å². The Balaban J connectivity index is 2.76. The molecule has 0 spiro atoms. The number of ether oxygens (including phenoxy) is 1. The van der Waals surface area contributed by atoms with Crippen molar-refractivity contribution in [3.8, 4) is 5.75 Å². The van der Waals surface area contributed by atoms with Gasteiger partial charge >= 0.3 is 0 Å². The molecule has 0 N–H and O–H groups in total.